The molecule has 0 aromatic heterocycles. The van der Waals surface area contributed by atoms with E-state index in [0.29, 0.717) is 12.5 Å². The summed E-state index contributed by atoms with van der Waals surface area (Å²) in [4.78, 5) is 5.12. The fourth-order valence-corrected chi connectivity index (χ4v) is 5.70. The maximum absolute atomic E-state index is 5.12. The molecule has 0 saturated carbocycles. The predicted molar refractivity (Wildman–Crippen MR) is 131 cm³/mol. The summed E-state index contributed by atoms with van der Waals surface area (Å²) in [6.07, 6.45) is 9.87. The third-order valence-corrected chi connectivity index (χ3v) is 7.44. The molecule has 3 heteroatoms. The molecule has 1 atom stereocenters. The third-order valence-electron chi connectivity index (χ3n) is 5.09. The average Bonchev–Trinajstić information content (AvgIpc) is 2.83. The number of nitrogens with zero attached hydrogens (tertiary/aromatic N) is 1. The molecule has 0 saturated heterocycles. The fourth-order valence-electron chi connectivity index (χ4n) is 3.51. The van der Waals surface area contributed by atoms with E-state index < -0.39 is 7.92 Å². The first-order valence-corrected chi connectivity index (χ1v) is 11.8. The maximum atomic E-state index is 5.12. The van der Waals surface area contributed by atoms with Crippen LogP contribution in [-0.2, 0) is 6.54 Å². The zero-order valence-corrected chi connectivity index (χ0v) is 18.0. The number of aliphatic imine (C=N–C) groups is 1. The monoisotopic (exact) mass is 410 g/mol. The van der Waals surface area contributed by atoms with Gasteiger partial charge in [0.25, 0.3) is 0 Å². The Hall–Kier alpha value is -2.96. The number of hydrogen-bond donors (Lipinski definition) is 1. The van der Waals surface area contributed by atoms with Crippen molar-refractivity contribution in [3.05, 3.63) is 121 Å². The minimum absolute atomic E-state index is 0.500. The number of benzene rings is 3. The Labute approximate surface area is 180 Å². The van der Waals surface area contributed by atoms with Gasteiger partial charge in [-0.3, -0.25) is 4.99 Å². The molecule has 1 aliphatic carbocycles. The molecule has 0 aliphatic heterocycles. The molecular weight excluding hydrogens is 383 g/mol. The van der Waals surface area contributed by atoms with Crippen molar-refractivity contribution in [1.29, 1.82) is 0 Å². The van der Waals surface area contributed by atoms with Gasteiger partial charge in [0.2, 0.25) is 0 Å². The summed E-state index contributed by atoms with van der Waals surface area (Å²) in [5, 5.41) is 6.38. The van der Waals surface area contributed by atoms with E-state index in [9.17, 15) is 0 Å². The Kier molecular flexibility index (Phi) is 7.26. The number of allylic oxidation sites excluding steroid dienone is 3. The summed E-state index contributed by atoms with van der Waals surface area (Å²) < 4.78 is 0. The molecule has 1 aliphatic rings. The van der Waals surface area contributed by atoms with Gasteiger partial charge in [-0.1, -0.05) is 115 Å². The first kappa shape index (κ1) is 20.3. The van der Waals surface area contributed by atoms with Crippen LogP contribution in [0.2, 0.25) is 0 Å². The van der Waals surface area contributed by atoms with Crippen molar-refractivity contribution < 1.29 is 0 Å². The molecule has 150 valence electrons. The highest BCUT2D eigenvalue weighted by Gasteiger charge is 2.21. The standard InChI is InChI=1S/C27H27N2P/c1-5-13-23(14-6-1)21-28-27(29-22-24-15-7-2-8-16-24)30(25-17-9-3-10-18-25)26-19-11-4-12-20-26/h1-15,17-20,24H,16,21-22H2,(H,28,29). The summed E-state index contributed by atoms with van der Waals surface area (Å²) in [5.74, 6) is 0.500. The summed E-state index contributed by atoms with van der Waals surface area (Å²) in [6, 6.07) is 32.0. The number of amidine groups is 1. The van der Waals surface area contributed by atoms with Crippen molar-refractivity contribution >= 4 is 24.1 Å². The van der Waals surface area contributed by atoms with Crippen molar-refractivity contribution in [3.63, 3.8) is 0 Å². The van der Waals surface area contributed by atoms with Crippen LogP contribution in [-0.4, -0.2) is 12.1 Å². The van der Waals surface area contributed by atoms with E-state index in [4.69, 9.17) is 4.99 Å². The quantitative estimate of drug-likeness (QED) is 0.315. The van der Waals surface area contributed by atoms with Gasteiger partial charge in [-0.05, 0) is 28.5 Å². The zero-order valence-electron chi connectivity index (χ0n) is 17.1. The van der Waals surface area contributed by atoms with Crippen LogP contribution in [0.3, 0.4) is 0 Å². The number of nitrogens with one attached hydrogen (secondary N) is 1. The molecule has 0 heterocycles. The molecule has 0 radical (unpaired) electrons. The highest BCUT2D eigenvalue weighted by molar-refractivity contribution is 7.87. The van der Waals surface area contributed by atoms with Crippen molar-refractivity contribution in [2.45, 2.75) is 13.0 Å². The molecule has 0 amide bonds. The minimum Gasteiger partial charge on any atom is -0.369 e. The molecule has 1 unspecified atom stereocenters. The summed E-state index contributed by atoms with van der Waals surface area (Å²) in [5.41, 5.74) is 2.32. The fraction of sp³-hybridized carbons (Fsp3) is 0.148. The van der Waals surface area contributed by atoms with Crippen LogP contribution in [0.25, 0.3) is 0 Å². The van der Waals surface area contributed by atoms with Gasteiger partial charge < -0.3 is 5.32 Å². The molecule has 2 nitrogen and oxygen atoms in total. The Morgan fingerprint density at radius 1 is 0.800 bits per heavy atom. The second-order valence-corrected chi connectivity index (χ2v) is 9.45. The van der Waals surface area contributed by atoms with Crippen LogP contribution in [0.1, 0.15) is 12.0 Å². The van der Waals surface area contributed by atoms with E-state index in [0.717, 1.165) is 18.5 Å². The van der Waals surface area contributed by atoms with E-state index >= 15 is 0 Å². The molecule has 30 heavy (non-hydrogen) atoms. The van der Waals surface area contributed by atoms with E-state index in [-0.39, 0.29) is 0 Å². The van der Waals surface area contributed by atoms with Crippen LogP contribution in [0.4, 0.5) is 0 Å². The second kappa shape index (κ2) is 10.7. The molecule has 0 spiro atoms. The topological polar surface area (TPSA) is 24.4 Å². The van der Waals surface area contributed by atoms with Crippen molar-refractivity contribution in [1.82, 2.24) is 5.32 Å². The number of rotatable bonds is 7. The Bertz CT molecular complexity index is 955. The second-order valence-electron chi connectivity index (χ2n) is 7.32. The number of hydrogen-bond acceptors (Lipinski definition) is 1. The van der Waals surface area contributed by atoms with Crippen molar-refractivity contribution in [3.8, 4) is 0 Å². The molecule has 1 N–H and O–H groups in total. The smallest absolute Gasteiger partial charge is 0.129 e. The van der Waals surface area contributed by atoms with E-state index in [2.05, 4.69) is 121 Å². The lowest BCUT2D eigenvalue weighted by atomic mass is 10.0. The largest absolute Gasteiger partial charge is 0.369 e. The molecule has 3 aromatic rings. The minimum atomic E-state index is -0.741. The molecule has 3 aromatic carbocycles. The van der Waals surface area contributed by atoms with Crippen molar-refractivity contribution in [2.75, 3.05) is 6.54 Å². The van der Waals surface area contributed by atoms with E-state index in [1.165, 1.54) is 16.2 Å². The summed E-state index contributed by atoms with van der Waals surface area (Å²) >= 11 is 0. The first-order chi connectivity index (χ1) is 14.9. The lowest BCUT2D eigenvalue weighted by Gasteiger charge is -2.24. The van der Waals surface area contributed by atoms with E-state index in [1.54, 1.807) is 0 Å². The van der Waals surface area contributed by atoms with Gasteiger partial charge in [-0.25, -0.2) is 0 Å². The molecule has 4 rings (SSSR count). The highest BCUT2D eigenvalue weighted by Crippen LogP contribution is 2.35. The van der Waals surface area contributed by atoms with Gasteiger partial charge in [0.05, 0.1) is 6.54 Å². The SMILES string of the molecule is C1=CCC(CNC(=NCc2ccccc2)P(c2ccccc2)c2ccccc2)C=C1. The summed E-state index contributed by atoms with van der Waals surface area (Å²) in [7, 11) is -0.741. The predicted octanol–water partition coefficient (Wildman–Crippen LogP) is 5.40. The highest BCUT2D eigenvalue weighted by atomic mass is 31.1. The lowest BCUT2D eigenvalue weighted by molar-refractivity contribution is 0.633. The molecular formula is C27H27N2P. The van der Waals surface area contributed by atoms with Gasteiger partial charge in [0.1, 0.15) is 5.58 Å². The lowest BCUT2D eigenvalue weighted by Crippen LogP contribution is -2.33. The van der Waals surface area contributed by atoms with Gasteiger partial charge in [-0.2, -0.15) is 0 Å². The van der Waals surface area contributed by atoms with Crippen LogP contribution in [0.15, 0.2) is 120 Å². The van der Waals surface area contributed by atoms with Crippen LogP contribution in [0.5, 0.6) is 0 Å². The zero-order chi connectivity index (χ0) is 20.4. The van der Waals surface area contributed by atoms with Crippen molar-refractivity contribution in [2.24, 2.45) is 10.9 Å². The molecule has 0 bridgehead atoms. The Morgan fingerprint density at radius 2 is 1.40 bits per heavy atom. The van der Waals surface area contributed by atoms with Gasteiger partial charge in [0.15, 0.2) is 0 Å². The van der Waals surface area contributed by atoms with Crippen LogP contribution >= 0.6 is 7.92 Å². The average molecular weight is 411 g/mol. The first-order valence-electron chi connectivity index (χ1n) is 10.5. The molecule has 0 fully saturated rings. The summed E-state index contributed by atoms with van der Waals surface area (Å²) in [6.45, 7) is 1.58. The van der Waals surface area contributed by atoms with Crippen LogP contribution < -0.4 is 15.9 Å². The Balaban J connectivity index is 1.66. The van der Waals surface area contributed by atoms with Gasteiger partial charge >= 0.3 is 0 Å². The maximum Gasteiger partial charge on any atom is 0.129 e. The van der Waals surface area contributed by atoms with E-state index in [1.807, 2.05) is 0 Å². The normalized spacial score (nSPS) is 16.0. The van der Waals surface area contributed by atoms with Crippen LogP contribution in [0, 0.1) is 5.92 Å². The third kappa shape index (κ3) is 5.55. The van der Waals surface area contributed by atoms with Gasteiger partial charge in [-0.15, -0.1) is 0 Å². The van der Waals surface area contributed by atoms with Gasteiger partial charge in [0, 0.05) is 14.5 Å². The Morgan fingerprint density at radius 3 is 1.97 bits per heavy atom.